The zero-order valence-electron chi connectivity index (χ0n) is 24.1. The van der Waals surface area contributed by atoms with Crippen molar-refractivity contribution < 1.29 is 4.42 Å². The van der Waals surface area contributed by atoms with Crippen LogP contribution >= 0.6 is 0 Å². The van der Waals surface area contributed by atoms with Crippen molar-refractivity contribution >= 4 is 38.8 Å². The topological polar surface area (TPSA) is 16.4 Å². The van der Waals surface area contributed by atoms with Crippen LogP contribution in [-0.2, 0) is 0 Å². The standard InChI is InChI=1S/C42H29NO/c1-2-10-30(11-3-1)31-20-24-37(25-21-31)43(40-18-9-14-33-12-4-6-17-39(33)40)38-26-22-32(23-27-38)34-15-8-16-35(28-34)42-29-36-13-5-7-19-41(36)44-42/h1-29H. The number of anilines is 3. The molecule has 7 aromatic carbocycles. The normalized spacial score (nSPS) is 11.2. The third kappa shape index (κ3) is 4.83. The molecule has 0 unspecified atom stereocenters. The maximum atomic E-state index is 6.16. The van der Waals surface area contributed by atoms with Gasteiger partial charge in [-0.2, -0.15) is 0 Å². The quantitative estimate of drug-likeness (QED) is 0.200. The molecule has 0 aliphatic heterocycles. The van der Waals surface area contributed by atoms with E-state index < -0.39 is 0 Å². The minimum absolute atomic E-state index is 0.880. The van der Waals surface area contributed by atoms with Gasteiger partial charge in [-0.15, -0.1) is 0 Å². The molecule has 8 rings (SSSR count). The van der Waals surface area contributed by atoms with E-state index in [1.54, 1.807) is 0 Å². The third-order valence-corrected chi connectivity index (χ3v) is 8.27. The molecule has 0 aliphatic rings. The first-order chi connectivity index (χ1) is 21.8. The highest BCUT2D eigenvalue weighted by molar-refractivity contribution is 5.99. The van der Waals surface area contributed by atoms with Crippen LogP contribution in [0.4, 0.5) is 17.1 Å². The summed E-state index contributed by atoms with van der Waals surface area (Å²) in [7, 11) is 0. The van der Waals surface area contributed by atoms with Crippen LogP contribution in [0.3, 0.4) is 0 Å². The lowest BCUT2D eigenvalue weighted by atomic mass is 10.0. The maximum Gasteiger partial charge on any atom is 0.135 e. The molecule has 0 bridgehead atoms. The second-order valence-electron chi connectivity index (χ2n) is 11.0. The van der Waals surface area contributed by atoms with Crippen LogP contribution in [0.15, 0.2) is 180 Å². The zero-order chi connectivity index (χ0) is 29.3. The number of hydrogen-bond donors (Lipinski definition) is 0. The summed E-state index contributed by atoms with van der Waals surface area (Å²) in [5.41, 5.74) is 10.1. The van der Waals surface area contributed by atoms with Crippen molar-refractivity contribution in [3.8, 4) is 33.6 Å². The van der Waals surface area contributed by atoms with Crippen LogP contribution in [0.2, 0.25) is 0 Å². The number of benzene rings is 7. The Hall–Kier alpha value is -5.86. The predicted octanol–water partition coefficient (Wildman–Crippen LogP) is 12.1. The van der Waals surface area contributed by atoms with Gasteiger partial charge in [-0.3, -0.25) is 0 Å². The molecule has 0 radical (unpaired) electrons. The average Bonchev–Trinajstić information content (AvgIpc) is 3.54. The molecule has 0 spiro atoms. The first-order valence-electron chi connectivity index (χ1n) is 14.9. The van der Waals surface area contributed by atoms with Gasteiger partial charge in [-0.1, -0.05) is 127 Å². The van der Waals surface area contributed by atoms with Gasteiger partial charge in [0.1, 0.15) is 11.3 Å². The van der Waals surface area contributed by atoms with Gasteiger partial charge in [0.25, 0.3) is 0 Å². The van der Waals surface area contributed by atoms with Crippen LogP contribution < -0.4 is 4.90 Å². The fraction of sp³-hybridized carbons (Fsp3) is 0. The average molecular weight is 564 g/mol. The second kappa shape index (κ2) is 11.1. The van der Waals surface area contributed by atoms with Crippen molar-refractivity contribution in [2.75, 3.05) is 4.90 Å². The van der Waals surface area contributed by atoms with Crippen LogP contribution in [0, 0.1) is 0 Å². The van der Waals surface area contributed by atoms with E-state index in [4.69, 9.17) is 4.42 Å². The fourth-order valence-corrected chi connectivity index (χ4v) is 6.04. The first-order valence-corrected chi connectivity index (χ1v) is 14.9. The van der Waals surface area contributed by atoms with Crippen molar-refractivity contribution in [3.63, 3.8) is 0 Å². The van der Waals surface area contributed by atoms with Gasteiger partial charge in [-0.05, 0) is 76.2 Å². The summed E-state index contributed by atoms with van der Waals surface area (Å²) in [6, 6.07) is 62.2. The molecule has 2 nitrogen and oxygen atoms in total. The number of nitrogens with zero attached hydrogens (tertiary/aromatic N) is 1. The number of fused-ring (bicyclic) bond motifs is 2. The van der Waals surface area contributed by atoms with E-state index >= 15 is 0 Å². The highest BCUT2D eigenvalue weighted by atomic mass is 16.3. The van der Waals surface area contributed by atoms with Crippen LogP contribution in [-0.4, -0.2) is 0 Å². The number of hydrogen-bond acceptors (Lipinski definition) is 2. The number of para-hydroxylation sites is 1. The second-order valence-corrected chi connectivity index (χ2v) is 11.0. The SMILES string of the molecule is c1ccc(-c2ccc(N(c3ccc(-c4cccc(-c5cc6ccccc6o5)c4)cc3)c3cccc4ccccc34)cc2)cc1. The van der Waals surface area contributed by atoms with E-state index in [2.05, 4.69) is 163 Å². The molecular weight excluding hydrogens is 534 g/mol. The molecule has 0 saturated carbocycles. The molecule has 0 N–H and O–H groups in total. The van der Waals surface area contributed by atoms with Gasteiger partial charge in [0, 0.05) is 27.7 Å². The van der Waals surface area contributed by atoms with E-state index in [0.717, 1.165) is 50.5 Å². The summed E-state index contributed by atoms with van der Waals surface area (Å²) >= 11 is 0. The first kappa shape index (κ1) is 25.8. The van der Waals surface area contributed by atoms with Gasteiger partial charge < -0.3 is 9.32 Å². The van der Waals surface area contributed by atoms with E-state index in [1.165, 1.54) is 21.9 Å². The Bertz CT molecular complexity index is 2170. The molecule has 8 aromatic rings. The van der Waals surface area contributed by atoms with Crippen molar-refractivity contribution in [2.24, 2.45) is 0 Å². The fourth-order valence-electron chi connectivity index (χ4n) is 6.04. The van der Waals surface area contributed by atoms with Gasteiger partial charge in [0.2, 0.25) is 0 Å². The van der Waals surface area contributed by atoms with Crippen molar-refractivity contribution in [1.29, 1.82) is 0 Å². The van der Waals surface area contributed by atoms with Crippen molar-refractivity contribution in [2.45, 2.75) is 0 Å². The molecule has 1 aromatic heterocycles. The van der Waals surface area contributed by atoms with E-state index in [9.17, 15) is 0 Å². The van der Waals surface area contributed by atoms with Crippen LogP contribution in [0.1, 0.15) is 0 Å². The number of rotatable bonds is 6. The molecule has 1 heterocycles. The van der Waals surface area contributed by atoms with Gasteiger partial charge in [0.05, 0.1) is 5.69 Å². The van der Waals surface area contributed by atoms with Gasteiger partial charge >= 0.3 is 0 Å². The Kier molecular flexibility index (Phi) is 6.51. The number of furan rings is 1. The van der Waals surface area contributed by atoms with Crippen molar-refractivity contribution in [1.82, 2.24) is 0 Å². The van der Waals surface area contributed by atoms with E-state index in [0.29, 0.717) is 0 Å². The molecule has 0 fully saturated rings. The minimum atomic E-state index is 0.880. The molecule has 0 saturated heterocycles. The molecule has 0 aliphatic carbocycles. The predicted molar refractivity (Wildman–Crippen MR) is 185 cm³/mol. The van der Waals surface area contributed by atoms with E-state index in [-0.39, 0.29) is 0 Å². The molecule has 2 heteroatoms. The lowest BCUT2D eigenvalue weighted by Crippen LogP contribution is -2.10. The Labute approximate surface area is 257 Å². The molecule has 44 heavy (non-hydrogen) atoms. The summed E-state index contributed by atoms with van der Waals surface area (Å²) < 4.78 is 6.16. The zero-order valence-corrected chi connectivity index (χ0v) is 24.1. The molecule has 0 atom stereocenters. The summed E-state index contributed by atoms with van der Waals surface area (Å²) in [6.07, 6.45) is 0. The Morgan fingerprint density at radius 1 is 0.364 bits per heavy atom. The summed E-state index contributed by atoms with van der Waals surface area (Å²) in [5.74, 6) is 0.880. The summed E-state index contributed by atoms with van der Waals surface area (Å²) in [4.78, 5) is 2.35. The highest BCUT2D eigenvalue weighted by Gasteiger charge is 2.16. The monoisotopic (exact) mass is 563 g/mol. The largest absolute Gasteiger partial charge is 0.456 e. The van der Waals surface area contributed by atoms with E-state index in [1.807, 2.05) is 18.2 Å². The summed E-state index contributed by atoms with van der Waals surface area (Å²) in [6.45, 7) is 0. The summed E-state index contributed by atoms with van der Waals surface area (Å²) in [5, 5.41) is 3.54. The maximum absolute atomic E-state index is 6.16. The molecular formula is C42H29NO. The Morgan fingerprint density at radius 2 is 0.909 bits per heavy atom. The molecule has 0 amide bonds. The van der Waals surface area contributed by atoms with Crippen molar-refractivity contribution in [3.05, 3.63) is 176 Å². The van der Waals surface area contributed by atoms with Gasteiger partial charge in [-0.25, -0.2) is 0 Å². The third-order valence-electron chi connectivity index (χ3n) is 8.27. The smallest absolute Gasteiger partial charge is 0.135 e. The Balaban J connectivity index is 1.18. The highest BCUT2D eigenvalue weighted by Crippen LogP contribution is 2.40. The lowest BCUT2D eigenvalue weighted by Gasteiger charge is -2.27. The Morgan fingerprint density at radius 3 is 1.66 bits per heavy atom. The van der Waals surface area contributed by atoms with Crippen LogP contribution in [0.5, 0.6) is 0 Å². The molecule has 208 valence electrons. The van der Waals surface area contributed by atoms with Crippen LogP contribution in [0.25, 0.3) is 55.3 Å². The minimum Gasteiger partial charge on any atom is -0.456 e. The van der Waals surface area contributed by atoms with Gasteiger partial charge in [0.15, 0.2) is 0 Å². The lowest BCUT2D eigenvalue weighted by molar-refractivity contribution is 0.631.